The Hall–Kier alpha value is -2.99. The van der Waals surface area contributed by atoms with Gasteiger partial charge >= 0.3 is 0 Å². The number of hydrogen-bond donors (Lipinski definition) is 0. The van der Waals surface area contributed by atoms with Crippen molar-refractivity contribution in [2.24, 2.45) is 5.92 Å². The lowest BCUT2D eigenvalue weighted by atomic mass is 9.88. The Labute approximate surface area is 201 Å². The van der Waals surface area contributed by atoms with Crippen LogP contribution >= 0.6 is 0 Å². The monoisotopic (exact) mass is 461 g/mol. The molecule has 1 atom stereocenters. The molecule has 1 aliphatic rings. The van der Waals surface area contributed by atoms with E-state index in [0.29, 0.717) is 29.9 Å². The number of fused-ring (bicyclic) bond motifs is 1. The van der Waals surface area contributed by atoms with Crippen molar-refractivity contribution in [3.05, 3.63) is 70.3 Å². The van der Waals surface area contributed by atoms with Gasteiger partial charge in [-0.2, -0.15) is 0 Å². The summed E-state index contributed by atoms with van der Waals surface area (Å²) in [6, 6.07) is 15.0. The molecule has 0 bridgehead atoms. The fourth-order valence-corrected chi connectivity index (χ4v) is 4.97. The van der Waals surface area contributed by atoms with Crippen molar-refractivity contribution < 1.29 is 9.53 Å². The number of hydrogen-bond acceptors (Lipinski definition) is 4. The van der Waals surface area contributed by atoms with Crippen LogP contribution in [0.3, 0.4) is 0 Å². The van der Waals surface area contributed by atoms with Crippen LogP contribution < -0.4 is 5.56 Å². The number of amides is 1. The Kier molecular flexibility index (Phi) is 7.78. The number of nitrogens with zero attached hydrogens (tertiary/aromatic N) is 3. The Morgan fingerprint density at radius 2 is 1.82 bits per heavy atom. The molecule has 0 aliphatic heterocycles. The molecule has 3 aromatic rings. The maximum atomic E-state index is 13.7. The Bertz CT molecular complexity index is 1180. The summed E-state index contributed by atoms with van der Waals surface area (Å²) in [4.78, 5) is 34.3. The second kappa shape index (κ2) is 11.0. The summed E-state index contributed by atoms with van der Waals surface area (Å²) >= 11 is 0. The first-order valence-corrected chi connectivity index (χ1v) is 12.4. The zero-order chi connectivity index (χ0) is 24.1. The molecule has 0 radical (unpaired) electrons. The van der Waals surface area contributed by atoms with Crippen LogP contribution in [0, 0.1) is 12.8 Å². The zero-order valence-corrected chi connectivity index (χ0v) is 20.5. The Balaban J connectivity index is 1.82. The van der Waals surface area contributed by atoms with E-state index in [1.807, 2.05) is 67.3 Å². The van der Waals surface area contributed by atoms with Gasteiger partial charge in [0, 0.05) is 26.2 Å². The highest BCUT2D eigenvalue weighted by Crippen LogP contribution is 2.30. The summed E-state index contributed by atoms with van der Waals surface area (Å²) in [5.41, 5.74) is 2.42. The minimum absolute atomic E-state index is 0.0405. The van der Waals surface area contributed by atoms with Crippen molar-refractivity contribution >= 4 is 16.8 Å². The van der Waals surface area contributed by atoms with Gasteiger partial charge in [-0.15, -0.1) is 0 Å². The van der Waals surface area contributed by atoms with Crippen molar-refractivity contribution in [1.29, 1.82) is 0 Å². The molecule has 1 unspecified atom stereocenters. The summed E-state index contributed by atoms with van der Waals surface area (Å²) in [6.07, 6.45) is 5.99. The lowest BCUT2D eigenvalue weighted by molar-refractivity contribution is -0.139. The first-order valence-electron chi connectivity index (χ1n) is 12.4. The van der Waals surface area contributed by atoms with Crippen LogP contribution in [-0.2, 0) is 9.53 Å². The zero-order valence-electron chi connectivity index (χ0n) is 20.5. The van der Waals surface area contributed by atoms with Crippen LogP contribution in [0.1, 0.15) is 62.9 Å². The minimum atomic E-state index is -0.357. The maximum Gasteiger partial charge on any atom is 0.266 e. The number of para-hydroxylation sites is 1. The topological polar surface area (TPSA) is 64.4 Å². The summed E-state index contributed by atoms with van der Waals surface area (Å²) in [6.45, 7) is 5.17. The third-order valence-electron chi connectivity index (χ3n) is 6.92. The number of methoxy groups -OCH3 is 1. The third-order valence-corrected chi connectivity index (χ3v) is 6.92. The fourth-order valence-electron chi connectivity index (χ4n) is 4.97. The standard InChI is InChI=1S/C28H35N3O3/c1-20-14-16-23(17-15-20)31-26(29-25-13-8-7-12-24(25)28(31)33)21(2)30(18-9-19-34-3)27(32)22-10-5-4-6-11-22/h7-8,12-17,21-22H,4-6,9-11,18-19H2,1-3H3. The Morgan fingerprint density at radius 1 is 1.12 bits per heavy atom. The smallest absolute Gasteiger partial charge is 0.266 e. The first-order chi connectivity index (χ1) is 16.5. The molecule has 180 valence electrons. The number of aromatic nitrogens is 2. The molecule has 0 saturated heterocycles. The van der Waals surface area contributed by atoms with E-state index in [1.165, 1.54) is 6.42 Å². The second-order valence-corrected chi connectivity index (χ2v) is 9.35. The van der Waals surface area contributed by atoms with E-state index in [2.05, 4.69) is 0 Å². The molecule has 4 rings (SSSR count). The lowest BCUT2D eigenvalue weighted by Crippen LogP contribution is -2.42. The number of carbonyl (C=O) groups excluding carboxylic acids is 1. The van der Waals surface area contributed by atoms with Crippen LogP contribution in [0.15, 0.2) is 53.3 Å². The van der Waals surface area contributed by atoms with Gasteiger partial charge in [0.2, 0.25) is 5.91 Å². The highest BCUT2D eigenvalue weighted by atomic mass is 16.5. The fraction of sp³-hybridized carbons (Fsp3) is 0.464. The van der Waals surface area contributed by atoms with Gasteiger partial charge in [-0.05, 0) is 57.4 Å². The second-order valence-electron chi connectivity index (χ2n) is 9.35. The lowest BCUT2D eigenvalue weighted by Gasteiger charge is -2.34. The predicted octanol–water partition coefficient (Wildman–Crippen LogP) is 5.20. The van der Waals surface area contributed by atoms with Crippen LogP contribution in [0.25, 0.3) is 16.6 Å². The average Bonchev–Trinajstić information content (AvgIpc) is 2.87. The van der Waals surface area contributed by atoms with E-state index in [4.69, 9.17) is 9.72 Å². The molecule has 1 heterocycles. The molecule has 1 amide bonds. The van der Waals surface area contributed by atoms with Crippen LogP contribution in [-0.4, -0.2) is 40.6 Å². The van der Waals surface area contributed by atoms with Crippen molar-refractivity contribution in [2.45, 2.75) is 58.4 Å². The van der Waals surface area contributed by atoms with Crippen LogP contribution in [0.4, 0.5) is 0 Å². The van der Waals surface area contributed by atoms with Gasteiger partial charge in [0.15, 0.2) is 0 Å². The van der Waals surface area contributed by atoms with Gasteiger partial charge in [-0.25, -0.2) is 4.98 Å². The number of aryl methyl sites for hydroxylation is 1. The molecule has 0 N–H and O–H groups in total. The summed E-state index contributed by atoms with van der Waals surface area (Å²) in [5, 5.41) is 0.573. The molecule has 6 nitrogen and oxygen atoms in total. The highest BCUT2D eigenvalue weighted by Gasteiger charge is 2.31. The van der Waals surface area contributed by atoms with E-state index in [9.17, 15) is 9.59 Å². The molecule has 1 saturated carbocycles. The SMILES string of the molecule is COCCCN(C(=O)C1CCCCC1)C(C)c1nc2ccccc2c(=O)n1-c1ccc(C)cc1. The van der Waals surface area contributed by atoms with E-state index in [1.54, 1.807) is 11.7 Å². The quantitative estimate of drug-likeness (QED) is 0.433. The molecule has 1 aliphatic carbocycles. The molecule has 6 heteroatoms. The molecule has 34 heavy (non-hydrogen) atoms. The van der Waals surface area contributed by atoms with Crippen LogP contribution in [0.2, 0.25) is 0 Å². The van der Waals surface area contributed by atoms with Gasteiger partial charge in [-0.3, -0.25) is 14.2 Å². The predicted molar refractivity (Wildman–Crippen MR) is 135 cm³/mol. The van der Waals surface area contributed by atoms with Gasteiger partial charge in [0.1, 0.15) is 5.82 Å². The number of benzene rings is 2. The Morgan fingerprint density at radius 3 is 2.53 bits per heavy atom. The molecule has 0 spiro atoms. The molecule has 1 fully saturated rings. The summed E-state index contributed by atoms with van der Waals surface area (Å²) in [7, 11) is 1.68. The highest BCUT2D eigenvalue weighted by molar-refractivity contribution is 5.80. The summed E-state index contributed by atoms with van der Waals surface area (Å²) < 4.78 is 6.96. The number of carbonyl (C=O) groups is 1. The summed E-state index contributed by atoms with van der Waals surface area (Å²) in [5.74, 6) is 0.800. The largest absolute Gasteiger partial charge is 0.385 e. The van der Waals surface area contributed by atoms with E-state index >= 15 is 0 Å². The molecular weight excluding hydrogens is 426 g/mol. The van der Waals surface area contributed by atoms with Crippen LogP contribution in [0.5, 0.6) is 0 Å². The van der Waals surface area contributed by atoms with E-state index in [-0.39, 0.29) is 23.4 Å². The van der Waals surface area contributed by atoms with Crippen molar-refractivity contribution in [2.75, 3.05) is 20.3 Å². The molecule has 2 aromatic carbocycles. The maximum absolute atomic E-state index is 13.7. The van der Waals surface area contributed by atoms with Gasteiger partial charge in [-0.1, -0.05) is 49.1 Å². The van der Waals surface area contributed by atoms with Crippen molar-refractivity contribution in [3.8, 4) is 5.69 Å². The van der Waals surface area contributed by atoms with Crippen molar-refractivity contribution in [1.82, 2.24) is 14.5 Å². The number of ether oxygens (including phenoxy) is 1. The average molecular weight is 462 g/mol. The minimum Gasteiger partial charge on any atom is -0.385 e. The normalized spacial score (nSPS) is 15.4. The molecular formula is C28H35N3O3. The van der Waals surface area contributed by atoms with E-state index < -0.39 is 0 Å². The third kappa shape index (κ3) is 5.07. The van der Waals surface area contributed by atoms with Gasteiger partial charge in [0.05, 0.1) is 22.6 Å². The van der Waals surface area contributed by atoms with Gasteiger partial charge in [0.25, 0.3) is 5.56 Å². The van der Waals surface area contributed by atoms with Gasteiger partial charge < -0.3 is 9.64 Å². The molecule has 1 aromatic heterocycles. The van der Waals surface area contributed by atoms with Crippen molar-refractivity contribution in [3.63, 3.8) is 0 Å². The number of rotatable bonds is 8. The van der Waals surface area contributed by atoms with E-state index in [0.717, 1.165) is 43.4 Å². The first kappa shape index (κ1) is 24.1.